The first-order valence-corrected chi connectivity index (χ1v) is 11.5. The van der Waals surface area contributed by atoms with Crippen LogP contribution < -0.4 is 21.5 Å². The molecule has 37 heavy (non-hydrogen) atoms. The minimum Gasteiger partial charge on any atom is -0.494 e. The van der Waals surface area contributed by atoms with Crippen LogP contribution in [0, 0.1) is 0 Å². The molecule has 192 valence electrons. The van der Waals surface area contributed by atoms with Gasteiger partial charge in [-0.1, -0.05) is 18.2 Å². The maximum Gasteiger partial charge on any atom is 0.429 e. The SMILES string of the molecule is COc1cccc2c(N=C(N)CN3CCc4ccc(C5=CNC(C(F)(F)F)N=C5)cc4C3)nc(N)nc12. The first kappa shape index (κ1) is 24.5. The van der Waals surface area contributed by atoms with Crippen molar-refractivity contribution in [3.8, 4) is 5.75 Å². The number of amidine groups is 1. The highest BCUT2D eigenvalue weighted by Crippen LogP contribution is 2.31. The van der Waals surface area contributed by atoms with Crippen LogP contribution in [0.5, 0.6) is 5.75 Å². The van der Waals surface area contributed by atoms with E-state index < -0.39 is 12.3 Å². The summed E-state index contributed by atoms with van der Waals surface area (Å²) in [5.74, 6) is 1.37. The zero-order valence-corrected chi connectivity index (χ0v) is 20.0. The van der Waals surface area contributed by atoms with E-state index in [-0.39, 0.29) is 5.95 Å². The van der Waals surface area contributed by atoms with Crippen molar-refractivity contribution in [1.29, 1.82) is 0 Å². The molecule has 5 N–H and O–H groups in total. The summed E-state index contributed by atoms with van der Waals surface area (Å²) in [6.45, 7) is 1.79. The molecule has 12 heteroatoms. The quantitative estimate of drug-likeness (QED) is 0.355. The molecule has 0 bridgehead atoms. The highest BCUT2D eigenvalue weighted by Gasteiger charge is 2.39. The number of halogens is 3. The van der Waals surface area contributed by atoms with Crippen molar-refractivity contribution in [2.24, 2.45) is 15.7 Å². The molecule has 3 heterocycles. The number of hydrogen-bond donors (Lipinski definition) is 3. The van der Waals surface area contributed by atoms with Crippen LogP contribution in [0.25, 0.3) is 16.5 Å². The normalized spacial score (nSPS) is 18.3. The number of aromatic nitrogens is 2. The van der Waals surface area contributed by atoms with E-state index in [1.807, 2.05) is 30.3 Å². The molecule has 0 saturated carbocycles. The number of ether oxygens (including phenoxy) is 1. The number of allylic oxidation sites excluding steroid dienone is 1. The van der Waals surface area contributed by atoms with Crippen LogP contribution in [-0.2, 0) is 13.0 Å². The summed E-state index contributed by atoms with van der Waals surface area (Å²) in [4.78, 5) is 18.8. The number of rotatable bonds is 5. The fourth-order valence-electron chi connectivity index (χ4n) is 4.45. The van der Waals surface area contributed by atoms with Gasteiger partial charge in [-0.05, 0) is 41.3 Å². The first-order chi connectivity index (χ1) is 17.7. The van der Waals surface area contributed by atoms with Gasteiger partial charge in [-0.25, -0.2) is 9.98 Å². The lowest BCUT2D eigenvalue weighted by atomic mass is 9.95. The number of hydrogen-bond acceptors (Lipinski definition) is 8. The molecule has 0 radical (unpaired) electrons. The van der Waals surface area contributed by atoms with Gasteiger partial charge < -0.3 is 21.5 Å². The summed E-state index contributed by atoms with van der Waals surface area (Å²) >= 11 is 0. The number of fused-ring (bicyclic) bond motifs is 2. The van der Waals surface area contributed by atoms with E-state index in [4.69, 9.17) is 16.2 Å². The van der Waals surface area contributed by atoms with Crippen molar-refractivity contribution in [2.75, 3.05) is 25.9 Å². The summed E-state index contributed by atoms with van der Waals surface area (Å²) in [6.07, 6.45) is -2.94. The summed E-state index contributed by atoms with van der Waals surface area (Å²) in [5, 5.41) is 2.99. The fourth-order valence-corrected chi connectivity index (χ4v) is 4.45. The third-order valence-electron chi connectivity index (χ3n) is 6.24. The highest BCUT2D eigenvalue weighted by atomic mass is 19.4. The molecule has 3 aromatic rings. The Balaban J connectivity index is 1.33. The molecule has 9 nitrogen and oxygen atoms in total. The second kappa shape index (κ2) is 9.69. The number of nitrogens with zero attached hydrogens (tertiary/aromatic N) is 5. The number of para-hydroxylation sites is 1. The Morgan fingerprint density at radius 2 is 2.05 bits per heavy atom. The van der Waals surface area contributed by atoms with Gasteiger partial charge in [0.15, 0.2) is 5.82 Å². The van der Waals surface area contributed by atoms with Crippen molar-refractivity contribution in [1.82, 2.24) is 20.2 Å². The number of alkyl halides is 3. The summed E-state index contributed by atoms with van der Waals surface area (Å²) in [7, 11) is 1.55. The van der Waals surface area contributed by atoms with Crippen molar-refractivity contribution < 1.29 is 17.9 Å². The van der Waals surface area contributed by atoms with Crippen LogP contribution in [0.2, 0.25) is 0 Å². The first-order valence-electron chi connectivity index (χ1n) is 11.5. The molecule has 5 rings (SSSR count). The smallest absolute Gasteiger partial charge is 0.429 e. The maximum absolute atomic E-state index is 12.9. The predicted octanol–water partition coefficient (Wildman–Crippen LogP) is 3.17. The van der Waals surface area contributed by atoms with Crippen molar-refractivity contribution in [2.45, 2.75) is 25.3 Å². The van der Waals surface area contributed by atoms with Crippen LogP contribution in [-0.4, -0.2) is 59.5 Å². The van der Waals surface area contributed by atoms with E-state index in [2.05, 4.69) is 30.2 Å². The molecule has 1 unspecified atom stereocenters. The van der Waals surface area contributed by atoms with E-state index in [1.165, 1.54) is 18.0 Å². The molecule has 1 aromatic heterocycles. The average molecular weight is 511 g/mol. The van der Waals surface area contributed by atoms with Gasteiger partial charge in [-0.15, -0.1) is 0 Å². The van der Waals surface area contributed by atoms with Gasteiger partial charge in [0.2, 0.25) is 12.1 Å². The molecule has 2 aromatic carbocycles. The van der Waals surface area contributed by atoms with Crippen molar-refractivity contribution in [3.05, 3.63) is 59.3 Å². The molecule has 2 aliphatic rings. The topological polar surface area (TPSA) is 127 Å². The molecule has 0 aliphatic carbocycles. The number of nitrogens with two attached hydrogens (primary N) is 2. The highest BCUT2D eigenvalue weighted by molar-refractivity contribution is 6.10. The van der Waals surface area contributed by atoms with Gasteiger partial charge in [-0.3, -0.25) is 9.89 Å². The third kappa shape index (κ3) is 5.19. The van der Waals surface area contributed by atoms with Gasteiger partial charge in [-0.2, -0.15) is 18.2 Å². The molecular weight excluding hydrogens is 485 g/mol. The number of benzene rings is 2. The number of anilines is 1. The zero-order chi connectivity index (χ0) is 26.2. The fraction of sp³-hybridized carbons (Fsp3) is 0.280. The Labute approximate surface area is 210 Å². The largest absolute Gasteiger partial charge is 0.494 e. The van der Waals surface area contributed by atoms with Crippen LogP contribution in [0.15, 0.2) is 52.6 Å². The standard InChI is InChI=1S/C25H25F3N8O/c1-37-19-4-2-3-18-21(19)34-24(30)35-22(18)33-20(29)13-36-8-7-14-5-6-15(9-16(14)12-36)17-10-31-23(32-11-17)25(26,27)28/h2-6,9-11,23,31H,7-8,12-13H2,1H3,(H4,29,30,33,34,35). The van der Waals surface area contributed by atoms with E-state index in [0.29, 0.717) is 47.0 Å². The van der Waals surface area contributed by atoms with Crippen molar-refractivity contribution in [3.63, 3.8) is 0 Å². The molecule has 2 aliphatic heterocycles. The average Bonchev–Trinajstić information content (AvgIpc) is 2.87. The third-order valence-corrected chi connectivity index (χ3v) is 6.24. The van der Waals surface area contributed by atoms with E-state index in [9.17, 15) is 13.2 Å². The van der Waals surface area contributed by atoms with Gasteiger partial charge in [0.1, 0.15) is 17.1 Å². The Kier molecular flexibility index (Phi) is 6.42. The van der Waals surface area contributed by atoms with E-state index in [1.54, 1.807) is 13.2 Å². The minimum atomic E-state index is -4.44. The Bertz CT molecular complexity index is 1430. The number of methoxy groups -OCH3 is 1. The molecule has 0 fully saturated rings. The van der Waals surface area contributed by atoms with Crippen LogP contribution in [0.3, 0.4) is 0 Å². The van der Waals surface area contributed by atoms with Gasteiger partial charge in [0.25, 0.3) is 0 Å². The van der Waals surface area contributed by atoms with Crippen LogP contribution >= 0.6 is 0 Å². The Morgan fingerprint density at radius 3 is 2.78 bits per heavy atom. The monoisotopic (exact) mass is 510 g/mol. The second-order valence-electron chi connectivity index (χ2n) is 8.80. The Morgan fingerprint density at radius 1 is 1.22 bits per heavy atom. The lowest BCUT2D eigenvalue weighted by molar-refractivity contribution is -0.151. The van der Waals surface area contributed by atoms with Crippen LogP contribution in [0.4, 0.5) is 24.9 Å². The van der Waals surface area contributed by atoms with Crippen LogP contribution in [0.1, 0.15) is 16.7 Å². The van der Waals surface area contributed by atoms with Crippen molar-refractivity contribution >= 4 is 40.3 Å². The molecule has 0 amide bonds. The summed E-state index contributed by atoms with van der Waals surface area (Å²) < 4.78 is 44.0. The Hall–Kier alpha value is -4.19. The molecule has 0 saturated heterocycles. The molecule has 0 spiro atoms. The lowest BCUT2D eigenvalue weighted by Gasteiger charge is -2.29. The van der Waals surface area contributed by atoms with E-state index >= 15 is 0 Å². The number of aliphatic imine (C=N–C) groups is 2. The van der Waals surface area contributed by atoms with Gasteiger partial charge in [0, 0.05) is 36.5 Å². The minimum absolute atomic E-state index is 0.0691. The van der Waals surface area contributed by atoms with Gasteiger partial charge in [0.05, 0.1) is 13.7 Å². The summed E-state index contributed by atoms with van der Waals surface area (Å²) in [6, 6.07) is 11.3. The second-order valence-corrected chi connectivity index (χ2v) is 8.80. The molecule has 1 atom stereocenters. The number of nitrogen functional groups attached to an aromatic ring is 1. The number of nitrogens with one attached hydrogen (secondary N) is 1. The van der Waals surface area contributed by atoms with Gasteiger partial charge >= 0.3 is 6.18 Å². The maximum atomic E-state index is 12.9. The van der Waals surface area contributed by atoms with E-state index in [0.717, 1.165) is 24.1 Å². The molecular formula is C25H25F3N8O. The lowest BCUT2D eigenvalue weighted by Crippen LogP contribution is -2.39. The zero-order valence-electron chi connectivity index (χ0n) is 20.0. The summed E-state index contributed by atoms with van der Waals surface area (Å²) in [5.41, 5.74) is 16.4. The predicted molar refractivity (Wildman–Crippen MR) is 137 cm³/mol.